The van der Waals surface area contributed by atoms with Crippen molar-refractivity contribution in [2.45, 2.75) is 26.3 Å². The van der Waals surface area contributed by atoms with E-state index < -0.39 is 12.0 Å². The molecule has 6 heteroatoms. The molecule has 1 rings (SSSR count). The molecule has 0 spiro atoms. The van der Waals surface area contributed by atoms with Gasteiger partial charge in [0.25, 0.3) is 0 Å². The van der Waals surface area contributed by atoms with E-state index >= 15 is 0 Å². The van der Waals surface area contributed by atoms with E-state index in [1.54, 1.807) is 19.0 Å². The number of hydrogen-bond donors (Lipinski definition) is 1. The Morgan fingerprint density at radius 2 is 1.78 bits per heavy atom. The molecule has 1 aromatic rings. The smallest absolute Gasteiger partial charge is 0.333 e. The van der Waals surface area contributed by atoms with Gasteiger partial charge in [-0.15, -0.1) is 12.4 Å². The molecular formula is C17H27ClN2O3. The van der Waals surface area contributed by atoms with E-state index in [1.165, 1.54) is 0 Å². The van der Waals surface area contributed by atoms with E-state index in [2.05, 4.69) is 19.2 Å². The fraction of sp³-hybridized carbons (Fsp3) is 0.529. The second-order valence-electron chi connectivity index (χ2n) is 6.00. The molecule has 0 bridgehead atoms. The summed E-state index contributed by atoms with van der Waals surface area (Å²) in [6.45, 7) is 4.73. The predicted octanol–water partition coefficient (Wildman–Crippen LogP) is 2.42. The Bertz CT molecular complexity index is 478. The molecule has 0 aliphatic heterocycles. The van der Waals surface area contributed by atoms with E-state index in [1.807, 2.05) is 30.3 Å². The molecule has 0 heterocycles. The van der Waals surface area contributed by atoms with Gasteiger partial charge in [-0.25, -0.2) is 4.79 Å². The van der Waals surface area contributed by atoms with Crippen molar-refractivity contribution in [1.82, 2.24) is 10.2 Å². The lowest BCUT2D eigenvalue weighted by Crippen LogP contribution is -2.39. The summed E-state index contributed by atoms with van der Waals surface area (Å²) in [6.07, 6.45) is 0.804. The largest absolute Gasteiger partial charge is 0.464 e. The Hall–Kier alpha value is -1.59. The quantitative estimate of drug-likeness (QED) is 0.737. The first-order valence-corrected chi connectivity index (χ1v) is 7.55. The molecule has 0 fully saturated rings. The van der Waals surface area contributed by atoms with Crippen LogP contribution in [-0.4, -0.2) is 44.0 Å². The molecule has 0 saturated carbocycles. The fourth-order valence-corrected chi connectivity index (χ4v) is 1.90. The summed E-state index contributed by atoms with van der Waals surface area (Å²) in [5, 5.41) is 2.75. The van der Waals surface area contributed by atoms with Crippen molar-refractivity contribution in [3.05, 3.63) is 35.9 Å². The zero-order valence-electron chi connectivity index (χ0n) is 14.2. The number of benzene rings is 1. The van der Waals surface area contributed by atoms with Crippen LogP contribution in [0.5, 0.6) is 0 Å². The third-order valence-corrected chi connectivity index (χ3v) is 3.07. The molecule has 0 aliphatic rings. The van der Waals surface area contributed by atoms with Gasteiger partial charge in [-0.05, 0) is 32.0 Å². The van der Waals surface area contributed by atoms with Crippen molar-refractivity contribution >= 4 is 24.3 Å². The maximum Gasteiger partial charge on any atom is 0.333 e. The van der Waals surface area contributed by atoms with Crippen LogP contribution in [0.3, 0.4) is 0 Å². The SMILES string of the molecule is CC(C)CCOC(=O)C(NC(=O)CN(C)C)c1ccccc1.Cl. The summed E-state index contributed by atoms with van der Waals surface area (Å²) in [6, 6.07) is 8.39. The molecule has 5 nitrogen and oxygen atoms in total. The van der Waals surface area contributed by atoms with Crippen molar-refractivity contribution in [2.75, 3.05) is 27.2 Å². The van der Waals surface area contributed by atoms with Gasteiger partial charge < -0.3 is 15.0 Å². The maximum absolute atomic E-state index is 12.3. The van der Waals surface area contributed by atoms with Gasteiger partial charge in [0.15, 0.2) is 6.04 Å². The Morgan fingerprint density at radius 1 is 1.17 bits per heavy atom. The minimum Gasteiger partial charge on any atom is -0.464 e. The maximum atomic E-state index is 12.3. The van der Waals surface area contributed by atoms with Crippen LogP contribution < -0.4 is 5.32 Å². The number of nitrogens with zero attached hydrogens (tertiary/aromatic N) is 1. The third-order valence-electron chi connectivity index (χ3n) is 3.07. The number of nitrogens with one attached hydrogen (secondary N) is 1. The fourth-order valence-electron chi connectivity index (χ4n) is 1.90. The van der Waals surface area contributed by atoms with E-state index in [4.69, 9.17) is 4.74 Å². The highest BCUT2D eigenvalue weighted by molar-refractivity contribution is 5.86. The second-order valence-corrected chi connectivity index (χ2v) is 6.00. The molecule has 0 aliphatic carbocycles. The van der Waals surface area contributed by atoms with Gasteiger partial charge >= 0.3 is 5.97 Å². The summed E-state index contributed by atoms with van der Waals surface area (Å²) >= 11 is 0. The molecule has 0 saturated heterocycles. The van der Waals surface area contributed by atoms with E-state index in [9.17, 15) is 9.59 Å². The van der Waals surface area contributed by atoms with E-state index in [0.717, 1.165) is 12.0 Å². The van der Waals surface area contributed by atoms with Crippen molar-refractivity contribution < 1.29 is 14.3 Å². The van der Waals surface area contributed by atoms with E-state index in [0.29, 0.717) is 12.5 Å². The minimum absolute atomic E-state index is 0. The van der Waals surface area contributed by atoms with Crippen molar-refractivity contribution in [2.24, 2.45) is 5.92 Å². The van der Waals surface area contributed by atoms with Crippen LogP contribution in [0.2, 0.25) is 0 Å². The number of esters is 1. The number of amides is 1. The number of ether oxygens (including phenoxy) is 1. The van der Waals surface area contributed by atoms with Gasteiger partial charge in [0, 0.05) is 0 Å². The van der Waals surface area contributed by atoms with Gasteiger partial charge in [0.2, 0.25) is 5.91 Å². The number of halogens is 1. The summed E-state index contributed by atoms with van der Waals surface area (Å²) < 4.78 is 5.31. The Morgan fingerprint density at radius 3 is 2.30 bits per heavy atom. The summed E-state index contributed by atoms with van der Waals surface area (Å²) in [4.78, 5) is 26.0. The van der Waals surface area contributed by atoms with Crippen molar-refractivity contribution in [3.63, 3.8) is 0 Å². The van der Waals surface area contributed by atoms with Gasteiger partial charge in [0.05, 0.1) is 13.2 Å². The Balaban J connectivity index is 0.00000484. The average Bonchev–Trinajstić information content (AvgIpc) is 2.44. The highest BCUT2D eigenvalue weighted by Crippen LogP contribution is 2.15. The molecule has 0 radical (unpaired) electrons. The molecular weight excluding hydrogens is 316 g/mol. The average molecular weight is 343 g/mol. The number of carbonyl (C=O) groups is 2. The van der Waals surface area contributed by atoms with Crippen molar-refractivity contribution in [1.29, 1.82) is 0 Å². The molecule has 23 heavy (non-hydrogen) atoms. The number of carbonyl (C=O) groups excluding carboxylic acids is 2. The monoisotopic (exact) mass is 342 g/mol. The van der Waals surface area contributed by atoms with Gasteiger partial charge in [-0.3, -0.25) is 4.79 Å². The Kier molecular flexibility index (Phi) is 10.3. The van der Waals surface area contributed by atoms with Gasteiger partial charge in [0.1, 0.15) is 0 Å². The Labute approximate surface area is 144 Å². The number of hydrogen-bond acceptors (Lipinski definition) is 4. The highest BCUT2D eigenvalue weighted by Gasteiger charge is 2.24. The van der Waals surface area contributed by atoms with Gasteiger partial charge in [-0.1, -0.05) is 44.2 Å². The number of rotatable bonds is 8. The second kappa shape index (κ2) is 11.0. The molecule has 1 aromatic carbocycles. The summed E-state index contributed by atoms with van der Waals surface area (Å²) in [7, 11) is 3.61. The zero-order chi connectivity index (χ0) is 16.5. The van der Waals surface area contributed by atoms with Crippen LogP contribution in [0.1, 0.15) is 31.9 Å². The van der Waals surface area contributed by atoms with Crippen LogP contribution in [-0.2, 0) is 14.3 Å². The standard InChI is InChI=1S/C17H26N2O3.ClH/c1-13(2)10-11-22-17(21)16(14-8-6-5-7-9-14)18-15(20)12-19(3)4;/h5-9,13,16H,10-12H2,1-4H3,(H,18,20);1H. The molecule has 0 aromatic heterocycles. The first-order chi connectivity index (χ1) is 10.4. The topological polar surface area (TPSA) is 58.6 Å². The van der Waals surface area contributed by atoms with Crippen LogP contribution in [0, 0.1) is 5.92 Å². The van der Waals surface area contributed by atoms with Crippen LogP contribution in [0.15, 0.2) is 30.3 Å². The van der Waals surface area contributed by atoms with E-state index in [-0.39, 0.29) is 24.9 Å². The zero-order valence-corrected chi connectivity index (χ0v) is 15.1. The third kappa shape index (κ3) is 8.57. The normalized spacial score (nSPS) is 11.7. The summed E-state index contributed by atoms with van der Waals surface area (Å²) in [5.74, 6) is -0.162. The predicted molar refractivity (Wildman–Crippen MR) is 93.5 cm³/mol. The lowest BCUT2D eigenvalue weighted by atomic mass is 10.1. The molecule has 1 atom stereocenters. The lowest BCUT2D eigenvalue weighted by Gasteiger charge is -2.19. The number of likely N-dealkylation sites (N-methyl/N-ethyl adjacent to an activating group) is 1. The van der Waals surface area contributed by atoms with Crippen LogP contribution >= 0.6 is 12.4 Å². The van der Waals surface area contributed by atoms with Crippen LogP contribution in [0.25, 0.3) is 0 Å². The first kappa shape index (κ1) is 21.4. The molecule has 1 N–H and O–H groups in total. The molecule has 1 amide bonds. The highest BCUT2D eigenvalue weighted by atomic mass is 35.5. The molecule has 130 valence electrons. The summed E-state index contributed by atoms with van der Waals surface area (Å²) in [5.41, 5.74) is 0.726. The minimum atomic E-state index is -0.763. The van der Waals surface area contributed by atoms with Gasteiger partial charge in [-0.2, -0.15) is 0 Å². The first-order valence-electron chi connectivity index (χ1n) is 7.55. The lowest BCUT2D eigenvalue weighted by molar-refractivity contribution is -0.148. The molecule has 1 unspecified atom stereocenters. The van der Waals surface area contributed by atoms with Crippen molar-refractivity contribution in [3.8, 4) is 0 Å². The van der Waals surface area contributed by atoms with Crippen LogP contribution in [0.4, 0.5) is 0 Å².